The molecule has 0 aromatic rings. The third-order valence-electron chi connectivity index (χ3n) is 4.65. The minimum absolute atomic E-state index is 0.376. The Morgan fingerprint density at radius 1 is 1.39 bits per heavy atom. The van der Waals surface area contributed by atoms with Gasteiger partial charge in [0.05, 0.1) is 6.10 Å². The van der Waals surface area contributed by atoms with E-state index in [1.165, 1.54) is 12.8 Å². The number of carbonyl (C=O) groups is 1. The topological polar surface area (TPSA) is 37.3 Å². The molecular weight excluding hydrogens is 271 g/mol. The van der Waals surface area contributed by atoms with Crippen molar-refractivity contribution in [3.8, 4) is 0 Å². The van der Waals surface area contributed by atoms with Crippen LogP contribution in [0.25, 0.3) is 0 Å². The van der Waals surface area contributed by atoms with Crippen molar-refractivity contribution in [3.05, 3.63) is 0 Å². The highest BCUT2D eigenvalue weighted by Gasteiger charge is 2.48. The number of rotatable bonds is 6. The first kappa shape index (κ1) is 14.6. The smallest absolute Gasteiger partial charge is 0.141 e. The summed E-state index contributed by atoms with van der Waals surface area (Å²) in [6, 6.07) is 0. The maximum absolute atomic E-state index is 11.5. The van der Waals surface area contributed by atoms with E-state index in [1.807, 2.05) is 0 Å². The Hall–Kier alpha value is 0.210. The molecule has 0 aliphatic heterocycles. The fourth-order valence-electron chi connectivity index (χ4n) is 3.48. The zero-order chi connectivity index (χ0) is 13.3. The summed E-state index contributed by atoms with van der Waals surface area (Å²) in [5.74, 6) is 2.16. The molecule has 1 N–H and O–H groups in total. The number of Topliss-reactive ketones (excluding diaryl/α,β-unsaturated/α-hetero) is 1. The lowest BCUT2D eigenvalue weighted by atomic mass is 9.70. The molecule has 2 aliphatic rings. The highest BCUT2D eigenvalue weighted by molar-refractivity contribution is 6.48. The van der Waals surface area contributed by atoms with Crippen molar-refractivity contribution < 1.29 is 9.90 Å². The zero-order valence-corrected chi connectivity index (χ0v) is 12.4. The van der Waals surface area contributed by atoms with E-state index in [0.29, 0.717) is 30.0 Å². The molecule has 4 unspecified atom stereocenters. The highest BCUT2D eigenvalue weighted by Crippen LogP contribution is 2.49. The third-order valence-corrected chi connectivity index (χ3v) is 5.15. The van der Waals surface area contributed by atoms with Crippen LogP contribution in [0.4, 0.5) is 0 Å². The molecule has 0 saturated heterocycles. The molecule has 2 rings (SSSR count). The van der Waals surface area contributed by atoms with E-state index >= 15 is 0 Å². The Kier molecular flexibility index (Phi) is 4.61. The van der Waals surface area contributed by atoms with Gasteiger partial charge in [-0.15, -0.1) is 0 Å². The molecule has 2 aliphatic carbocycles. The molecular formula is C14H22Cl2O2. The van der Waals surface area contributed by atoms with Crippen LogP contribution in [0.2, 0.25) is 0 Å². The number of carbonyl (C=O) groups excluding carboxylic acids is 1. The SMILES string of the molecule is CC(Cl)(Cl)C(O)CCCCC1CCC2CC(=O)C12. The predicted octanol–water partition coefficient (Wildman–Crippen LogP) is 3.72. The first-order valence-electron chi connectivity index (χ1n) is 6.98. The molecule has 0 amide bonds. The molecule has 4 heteroatoms. The summed E-state index contributed by atoms with van der Waals surface area (Å²) >= 11 is 11.7. The van der Waals surface area contributed by atoms with Gasteiger partial charge in [0.2, 0.25) is 0 Å². The van der Waals surface area contributed by atoms with Gasteiger partial charge in [-0.25, -0.2) is 0 Å². The van der Waals surface area contributed by atoms with Gasteiger partial charge in [0, 0.05) is 12.3 Å². The Bertz CT molecular complexity index is 311. The molecule has 0 aromatic carbocycles. The van der Waals surface area contributed by atoms with E-state index in [2.05, 4.69) is 0 Å². The number of ketones is 1. The Labute approximate surface area is 119 Å². The Morgan fingerprint density at radius 2 is 2.11 bits per heavy atom. The van der Waals surface area contributed by atoms with Gasteiger partial charge < -0.3 is 5.11 Å². The Morgan fingerprint density at radius 3 is 2.72 bits per heavy atom. The molecule has 0 heterocycles. The van der Waals surface area contributed by atoms with Gasteiger partial charge in [0.1, 0.15) is 10.1 Å². The molecule has 0 radical (unpaired) electrons. The molecule has 4 atom stereocenters. The summed E-state index contributed by atoms with van der Waals surface area (Å²) in [6.07, 6.45) is 6.36. The first-order chi connectivity index (χ1) is 8.39. The molecule has 18 heavy (non-hydrogen) atoms. The number of hydrogen-bond donors (Lipinski definition) is 1. The maximum atomic E-state index is 11.5. The number of alkyl halides is 2. The number of aliphatic hydroxyl groups excluding tert-OH is 1. The summed E-state index contributed by atoms with van der Waals surface area (Å²) in [5.41, 5.74) is 0. The van der Waals surface area contributed by atoms with Crippen LogP contribution in [-0.4, -0.2) is 21.3 Å². The van der Waals surface area contributed by atoms with E-state index < -0.39 is 10.4 Å². The standard InChI is InChI=1S/C14H22Cl2O2/c1-14(15,16)12(18)5-3-2-4-9-6-7-10-8-11(17)13(9)10/h9-10,12-13,18H,2-8H2,1H3. The summed E-state index contributed by atoms with van der Waals surface area (Å²) in [6.45, 7) is 1.62. The van der Waals surface area contributed by atoms with E-state index in [4.69, 9.17) is 23.2 Å². The van der Waals surface area contributed by atoms with Crippen LogP contribution in [0.5, 0.6) is 0 Å². The van der Waals surface area contributed by atoms with Crippen molar-refractivity contribution in [1.29, 1.82) is 0 Å². The monoisotopic (exact) mass is 292 g/mol. The van der Waals surface area contributed by atoms with E-state index in [1.54, 1.807) is 6.92 Å². The zero-order valence-electron chi connectivity index (χ0n) is 10.9. The van der Waals surface area contributed by atoms with Crippen LogP contribution >= 0.6 is 23.2 Å². The molecule has 0 spiro atoms. The Balaban J connectivity index is 1.63. The van der Waals surface area contributed by atoms with Crippen molar-refractivity contribution in [2.75, 3.05) is 0 Å². The van der Waals surface area contributed by atoms with Crippen molar-refractivity contribution in [2.24, 2.45) is 17.8 Å². The molecule has 2 nitrogen and oxygen atoms in total. The second-order valence-electron chi connectivity index (χ2n) is 6.05. The van der Waals surface area contributed by atoms with E-state index in [-0.39, 0.29) is 0 Å². The van der Waals surface area contributed by atoms with Crippen molar-refractivity contribution >= 4 is 29.0 Å². The normalized spacial score (nSPS) is 33.1. The summed E-state index contributed by atoms with van der Waals surface area (Å²) in [7, 11) is 0. The lowest BCUT2D eigenvalue weighted by Crippen LogP contribution is -2.36. The molecule has 0 bridgehead atoms. The van der Waals surface area contributed by atoms with E-state index in [9.17, 15) is 9.90 Å². The quantitative estimate of drug-likeness (QED) is 0.598. The summed E-state index contributed by atoms with van der Waals surface area (Å²) in [5, 5.41) is 9.71. The van der Waals surface area contributed by atoms with Crippen LogP contribution in [0.3, 0.4) is 0 Å². The van der Waals surface area contributed by atoms with Gasteiger partial charge in [0.25, 0.3) is 0 Å². The minimum atomic E-state index is -1.05. The van der Waals surface area contributed by atoms with E-state index in [0.717, 1.165) is 25.7 Å². The lowest BCUT2D eigenvalue weighted by Gasteiger charge is -2.32. The summed E-state index contributed by atoms with van der Waals surface area (Å²) < 4.78 is -1.05. The third kappa shape index (κ3) is 3.20. The number of hydrogen-bond acceptors (Lipinski definition) is 2. The number of aliphatic hydroxyl groups is 1. The van der Waals surface area contributed by atoms with Crippen LogP contribution in [0, 0.1) is 17.8 Å². The second kappa shape index (κ2) is 5.68. The molecule has 0 aromatic heterocycles. The van der Waals surface area contributed by atoms with Crippen LogP contribution in [0.1, 0.15) is 51.9 Å². The summed E-state index contributed by atoms with van der Waals surface area (Å²) in [4.78, 5) is 11.5. The van der Waals surface area contributed by atoms with Crippen LogP contribution in [-0.2, 0) is 4.79 Å². The molecule has 2 fully saturated rings. The number of unbranched alkanes of at least 4 members (excludes halogenated alkanes) is 1. The number of halogens is 2. The maximum Gasteiger partial charge on any atom is 0.141 e. The minimum Gasteiger partial charge on any atom is -0.390 e. The molecule has 2 saturated carbocycles. The average Bonchev–Trinajstić information content (AvgIpc) is 2.59. The van der Waals surface area contributed by atoms with Gasteiger partial charge in [-0.05, 0) is 44.4 Å². The van der Waals surface area contributed by atoms with Crippen molar-refractivity contribution in [2.45, 2.75) is 62.3 Å². The molecule has 104 valence electrons. The second-order valence-corrected chi connectivity index (χ2v) is 7.81. The van der Waals surface area contributed by atoms with Crippen LogP contribution in [0.15, 0.2) is 0 Å². The number of fused-ring (bicyclic) bond motifs is 1. The van der Waals surface area contributed by atoms with Crippen LogP contribution < -0.4 is 0 Å². The predicted molar refractivity (Wildman–Crippen MR) is 73.9 cm³/mol. The van der Waals surface area contributed by atoms with Gasteiger partial charge in [0.15, 0.2) is 0 Å². The van der Waals surface area contributed by atoms with Gasteiger partial charge in [-0.3, -0.25) is 4.79 Å². The van der Waals surface area contributed by atoms with Crippen molar-refractivity contribution in [1.82, 2.24) is 0 Å². The van der Waals surface area contributed by atoms with Gasteiger partial charge in [-0.1, -0.05) is 36.0 Å². The van der Waals surface area contributed by atoms with Crippen molar-refractivity contribution in [3.63, 3.8) is 0 Å². The largest absolute Gasteiger partial charge is 0.390 e. The highest BCUT2D eigenvalue weighted by atomic mass is 35.5. The fraction of sp³-hybridized carbons (Fsp3) is 0.929. The van der Waals surface area contributed by atoms with Gasteiger partial charge >= 0.3 is 0 Å². The lowest BCUT2D eigenvalue weighted by molar-refractivity contribution is -0.134. The average molecular weight is 293 g/mol. The first-order valence-corrected chi connectivity index (χ1v) is 7.74. The van der Waals surface area contributed by atoms with Gasteiger partial charge in [-0.2, -0.15) is 0 Å². The fourth-order valence-corrected chi connectivity index (χ4v) is 3.70.